The van der Waals surface area contributed by atoms with Gasteiger partial charge >= 0.3 is 0 Å². The Morgan fingerprint density at radius 1 is 1.11 bits per heavy atom. The van der Waals surface area contributed by atoms with E-state index in [1.165, 1.54) is 12.1 Å². The van der Waals surface area contributed by atoms with E-state index in [0.717, 1.165) is 11.1 Å². The van der Waals surface area contributed by atoms with Crippen LogP contribution >= 0.6 is 23.2 Å². The molecule has 1 N–H and O–H groups in total. The van der Waals surface area contributed by atoms with Crippen molar-refractivity contribution in [2.45, 2.75) is 13.8 Å². The normalized spacial score (nSPS) is 10.5. The minimum atomic E-state index is -0.388. The van der Waals surface area contributed by atoms with Crippen LogP contribution in [0.2, 0.25) is 10.2 Å². The summed E-state index contributed by atoms with van der Waals surface area (Å²) in [5.74, 6) is 0.158. The van der Waals surface area contributed by atoms with Crippen molar-refractivity contribution in [1.82, 2.24) is 10.2 Å². The number of aromatic nitrogens is 2. The predicted molar refractivity (Wildman–Crippen MR) is 71.2 cm³/mol. The zero-order valence-corrected chi connectivity index (χ0v) is 11.3. The van der Waals surface area contributed by atoms with Crippen molar-refractivity contribution >= 4 is 34.7 Å². The Morgan fingerprint density at radius 2 is 1.83 bits per heavy atom. The van der Waals surface area contributed by atoms with E-state index in [2.05, 4.69) is 15.5 Å². The van der Waals surface area contributed by atoms with Crippen molar-refractivity contribution in [3.8, 4) is 0 Å². The molecular formula is C12H10Cl2FN3. The molecule has 0 aliphatic rings. The quantitative estimate of drug-likeness (QED) is 0.895. The molecule has 0 aliphatic heterocycles. The second-order valence-electron chi connectivity index (χ2n) is 3.84. The van der Waals surface area contributed by atoms with Crippen LogP contribution in [-0.4, -0.2) is 10.2 Å². The molecule has 0 aliphatic carbocycles. The molecule has 0 unspecified atom stereocenters. The van der Waals surface area contributed by atoms with E-state index in [4.69, 9.17) is 23.2 Å². The average molecular weight is 286 g/mol. The van der Waals surface area contributed by atoms with Crippen LogP contribution in [0.3, 0.4) is 0 Å². The lowest BCUT2D eigenvalue weighted by Crippen LogP contribution is -2.01. The Kier molecular flexibility index (Phi) is 3.68. The average Bonchev–Trinajstić information content (AvgIpc) is 2.33. The van der Waals surface area contributed by atoms with Gasteiger partial charge in [0.2, 0.25) is 0 Å². The molecule has 6 heteroatoms. The lowest BCUT2D eigenvalue weighted by atomic mass is 10.2. The van der Waals surface area contributed by atoms with Gasteiger partial charge in [-0.25, -0.2) is 4.39 Å². The van der Waals surface area contributed by atoms with Crippen LogP contribution in [0.4, 0.5) is 15.9 Å². The maximum Gasteiger partial charge on any atom is 0.156 e. The molecule has 0 amide bonds. The Morgan fingerprint density at radius 3 is 2.50 bits per heavy atom. The number of hydrogen-bond acceptors (Lipinski definition) is 3. The fourth-order valence-corrected chi connectivity index (χ4v) is 1.81. The predicted octanol–water partition coefficient (Wildman–Crippen LogP) is 4.28. The molecule has 1 aromatic heterocycles. The van der Waals surface area contributed by atoms with E-state index in [1.807, 2.05) is 13.8 Å². The van der Waals surface area contributed by atoms with Crippen LogP contribution < -0.4 is 5.32 Å². The van der Waals surface area contributed by atoms with E-state index in [0.29, 0.717) is 16.7 Å². The number of halogens is 3. The van der Waals surface area contributed by atoms with Gasteiger partial charge in [-0.15, -0.1) is 10.2 Å². The highest BCUT2D eigenvalue weighted by Gasteiger charge is 2.10. The van der Waals surface area contributed by atoms with Gasteiger partial charge < -0.3 is 5.32 Å². The van der Waals surface area contributed by atoms with E-state index >= 15 is 0 Å². The minimum Gasteiger partial charge on any atom is -0.337 e. The maximum atomic E-state index is 12.9. The summed E-state index contributed by atoms with van der Waals surface area (Å²) in [4.78, 5) is 0. The van der Waals surface area contributed by atoms with Gasteiger partial charge in [0, 0.05) is 0 Å². The Balaban J connectivity index is 2.37. The molecule has 0 bridgehead atoms. The fraction of sp³-hybridized carbons (Fsp3) is 0.167. The molecule has 0 spiro atoms. The van der Waals surface area contributed by atoms with Crippen LogP contribution in [0.15, 0.2) is 18.2 Å². The van der Waals surface area contributed by atoms with Crippen molar-refractivity contribution in [2.75, 3.05) is 5.32 Å². The monoisotopic (exact) mass is 285 g/mol. The van der Waals surface area contributed by atoms with Crippen LogP contribution in [0.5, 0.6) is 0 Å². The molecule has 0 atom stereocenters. The molecule has 0 saturated carbocycles. The Hall–Kier alpha value is -1.39. The molecule has 0 radical (unpaired) electrons. The van der Waals surface area contributed by atoms with E-state index in [-0.39, 0.29) is 10.8 Å². The highest BCUT2D eigenvalue weighted by atomic mass is 35.5. The second-order valence-corrected chi connectivity index (χ2v) is 4.60. The van der Waals surface area contributed by atoms with Crippen molar-refractivity contribution in [3.05, 3.63) is 45.3 Å². The third-order valence-electron chi connectivity index (χ3n) is 2.65. The lowest BCUT2D eigenvalue weighted by Gasteiger charge is -2.11. The van der Waals surface area contributed by atoms with Crippen LogP contribution in [0.25, 0.3) is 0 Å². The summed E-state index contributed by atoms with van der Waals surface area (Å²) in [7, 11) is 0. The second kappa shape index (κ2) is 5.08. The molecule has 0 saturated heterocycles. The maximum absolute atomic E-state index is 12.9. The highest BCUT2D eigenvalue weighted by Crippen LogP contribution is 2.28. The summed E-state index contributed by atoms with van der Waals surface area (Å²) in [6, 6.07) is 4.10. The number of anilines is 2. The summed E-state index contributed by atoms with van der Waals surface area (Å²) in [5.41, 5.74) is 2.28. The van der Waals surface area contributed by atoms with E-state index in [1.54, 1.807) is 6.07 Å². The lowest BCUT2D eigenvalue weighted by molar-refractivity contribution is 0.628. The van der Waals surface area contributed by atoms with Crippen molar-refractivity contribution in [1.29, 1.82) is 0 Å². The first kappa shape index (κ1) is 13.1. The molecule has 1 aromatic carbocycles. The largest absolute Gasteiger partial charge is 0.337 e. The molecule has 94 valence electrons. The molecule has 1 heterocycles. The van der Waals surface area contributed by atoms with Gasteiger partial charge in [-0.2, -0.15) is 0 Å². The topological polar surface area (TPSA) is 37.8 Å². The van der Waals surface area contributed by atoms with Crippen molar-refractivity contribution in [2.24, 2.45) is 0 Å². The van der Waals surface area contributed by atoms with Gasteiger partial charge in [0.05, 0.1) is 10.7 Å². The van der Waals surface area contributed by atoms with Crippen LogP contribution in [0, 0.1) is 19.7 Å². The smallest absolute Gasteiger partial charge is 0.156 e. The standard InChI is InChI=1S/C12H10Cl2FN3/c1-6-7(2)12(18-17-11(6)14)16-10-4-3-8(15)5-9(10)13/h3-5H,1-2H3,(H,16,18). The van der Waals surface area contributed by atoms with Gasteiger partial charge in [0.1, 0.15) is 5.82 Å². The van der Waals surface area contributed by atoms with Gasteiger partial charge in [-0.3, -0.25) is 0 Å². The summed E-state index contributed by atoms with van der Waals surface area (Å²) in [6.07, 6.45) is 0. The number of nitrogens with one attached hydrogen (secondary N) is 1. The molecule has 18 heavy (non-hydrogen) atoms. The molecule has 3 nitrogen and oxygen atoms in total. The zero-order chi connectivity index (χ0) is 13.3. The molecular weight excluding hydrogens is 276 g/mol. The summed E-state index contributed by atoms with van der Waals surface area (Å²) >= 11 is 11.8. The number of rotatable bonds is 2. The highest BCUT2D eigenvalue weighted by molar-refractivity contribution is 6.33. The summed E-state index contributed by atoms with van der Waals surface area (Å²) < 4.78 is 12.9. The first-order valence-electron chi connectivity index (χ1n) is 5.20. The van der Waals surface area contributed by atoms with Crippen molar-refractivity contribution < 1.29 is 4.39 Å². The van der Waals surface area contributed by atoms with Gasteiger partial charge in [0.25, 0.3) is 0 Å². The molecule has 2 rings (SSSR count). The first-order valence-corrected chi connectivity index (χ1v) is 5.96. The van der Waals surface area contributed by atoms with E-state index < -0.39 is 0 Å². The Labute approximate surface area is 114 Å². The zero-order valence-electron chi connectivity index (χ0n) is 9.76. The third kappa shape index (κ3) is 2.54. The van der Waals surface area contributed by atoms with Gasteiger partial charge in [-0.05, 0) is 43.2 Å². The first-order chi connectivity index (χ1) is 8.49. The molecule has 2 aromatic rings. The van der Waals surface area contributed by atoms with Crippen LogP contribution in [-0.2, 0) is 0 Å². The minimum absolute atomic E-state index is 0.281. The third-order valence-corrected chi connectivity index (χ3v) is 3.32. The Bertz CT molecular complexity index is 602. The fourth-order valence-electron chi connectivity index (χ4n) is 1.41. The summed E-state index contributed by atoms with van der Waals surface area (Å²) in [5, 5.41) is 11.4. The van der Waals surface area contributed by atoms with Gasteiger partial charge in [-0.1, -0.05) is 23.2 Å². The van der Waals surface area contributed by atoms with E-state index in [9.17, 15) is 4.39 Å². The SMILES string of the molecule is Cc1c(Cl)nnc(Nc2ccc(F)cc2Cl)c1C. The number of benzene rings is 1. The molecule has 0 fully saturated rings. The number of nitrogens with zero attached hydrogens (tertiary/aromatic N) is 2. The van der Waals surface area contributed by atoms with Crippen LogP contribution in [0.1, 0.15) is 11.1 Å². The number of hydrogen-bond donors (Lipinski definition) is 1. The summed E-state index contributed by atoms with van der Waals surface area (Å²) in [6.45, 7) is 3.72. The van der Waals surface area contributed by atoms with Gasteiger partial charge in [0.15, 0.2) is 11.0 Å². The van der Waals surface area contributed by atoms with Crippen molar-refractivity contribution in [3.63, 3.8) is 0 Å².